The summed E-state index contributed by atoms with van der Waals surface area (Å²) in [6.45, 7) is 5.31. The molecule has 0 aliphatic rings. The van der Waals surface area contributed by atoms with Crippen molar-refractivity contribution in [3.63, 3.8) is 0 Å². The third-order valence-corrected chi connectivity index (χ3v) is 5.53. The minimum Gasteiger partial charge on any atom is -0.241 e. The van der Waals surface area contributed by atoms with Crippen molar-refractivity contribution < 1.29 is 8.42 Å². The van der Waals surface area contributed by atoms with Crippen molar-refractivity contribution >= 4 is 26.0 Å². The van der Waals surface area contributed by atoms with Gasteiger partial charge in [-0.05, 0) is 44.0 Å². The van der Waals surface area contributed by atoms with Crippen LogP contribution in [-0.4, -0.2) is 17.4 Å². The maximum absolute atomic E-state index is 12.5. The highest BCUT2D eigenvalue weighted by atomic mass is 79.9. The Morgan fingerprint density at radius 1 is 1.17 bits per heavy atom. The van der Waals surface area contributed by atoms with Crippen molar-refractivity contribution in [2.75, 3.05) is 0 Å². The van der Waals surface area contributed by atoms with Gasteiger partial charge in [0.25, 0.3) is 10.0 Å². The average Bonchev–Trinajstić information content (AvgIpc) is 2.70. The fourth-order valence-corrected chi connectivity index (χ4v) is 3.83. The summed E-state index contributed by atoms with van der Waals surface area (Å²) >= 11 is 3.40. The van der Waals surface area contributed by atoms with Gasteiger partial charge in [-0.1, -0.05) is 15.9 Å². The van der Waals surface area contributed by atoms with Crippen LogP contribution in [0.1, 0.15) is 17.0 Å². The normalized spacial score (nSPS) is 11.8. The second-order valence-electron chi connectivity index (χ2n) is 4.14. The monoisotopic (exact) mass is 328 g/mol. The maximum Gasteiger partial charge on any atom is 0.269 e. The molecule has 0 saturated carbocycles. The molecule has 0 bridgehead atoms. The summed E-state index contributed by atoms with van der Waals surface area (Å²) in [4.78, 5) is 4.26. The Morgan fingerprint density at radius 2 is 1.83 bits per heavy atom. The quantitative estimate of drug-likeness (QED) is 0.851. The Labute approximate surface area is 115 Å². The van der Waals surface area contributed by atoms with E-state index in [0.29, 0.717) is 16.3 Å². The molecule has 2 rings (SSSR count). The summed E-state index contributed by atoms with van der Waals surface area (Å²) in [5.41, 5.74) is 1.59. The molecule has 1 aromatic carbocycles. The topological polar surface area (TPSA) is 52.0 Å². The fourth-order valence-electron chi connectivity index (χ4n) is 1.76. The molecule has 1 heterocycles. The summed E-state index contributed by atoms with van der Waals surface area (Å²) in [7, 11) is -3.56. The van der Waals surface area contributed by atoms with Crippen molar-refractivity contribution in [1.82, 2.24) is 8.96 Å². The van der Waals surface area contributed by atoms with Gasteiger partial charge in [-0.2, -0.15) is 0 Å². The summed E-state index contributed by atoms with van der Waals surface area (Å²) in [5.74, 6) is 0.454. The average molecular weight is 329 g/mol. The standard InChI is InChI=1S/C12H13BrN2O2S/c1-8-7-12(9(2)6-11(8)13)18(16,17)15-5-4-14-10(15)3/h4-7H,1-3H3. The fraction of sp³-hybridized carbons (Fsp3) is 0.250. The molecular formula is C12H13BrN2O2S. The first kappa shape index (κ1) is 13.3. The van der Waals surface area contributed by atoms with E-state index >= 15 is 0 Å². The zero-order valence-electron chi connectivity index (χ0n) is 10.3. The van der Waals surface area contributed by atoms with Crippen LogP contribution in [0.3, 0.4) is 0 Å². The largest absolute Gasteiger partial charge is 0.269 e. The van der Waals surface area contributed by atoms with Crippen LogP contribution >= 0.6 is 15.9 Å². The summed E-state index contributed by atoms with van der Waals surface area (Å²) in [5, 5.41) is 0. The molecule has 0 atom stereocenters. The molecule has 0 unspecified atom stereocenters. The smallest absolute Gasteiger partial charge is 0.241 e. The van der Waals surface area contributed by atoms with Gasteiger partial charge in [0.05, 0.1) is 4.90 Å². The lowest BCUT2D eigenvalue weighted by molar-refractivity contribution is 0.585. The zero-order valence-corrected chi connectivity index (χ0v) is 12.7. The predicted molar refractivity (Wildman–Crippen MR) is 73.2 cm³/mol. The van der Waals surface area contributed by atoms with E-state index in [1.807, 2.05) is 13.0 Å². The highest BCUT2D eigenvalue weighted by molar-refractivity contribution is 9.10. The minimum absolute atomic E-state index is 0.310. The van der Waals surface area contributed by atoms with Crippen molar-refractivity contribution in [2.45, 2.75) is 25.7 Å². The molecule has 2 aromatic rings. The van der Waals surface area contributed by atoms with Gasteiger partial charge in [-0.15, -0.1) is 0 Å². The Hall–Kier alpha value is -1.14. The number of hydrogen-bond acceptors (Lipinski definition) is 3. The van der Waals surface area contributed by atoms with Gasteiger partial charge >= 0.3 is 0 Å². The lowest BCUT2D eigenvalue weighted by Crippen LogP contribution is -2.15. The number of imidazole rings is 1. The number of hydrogen-bond donors (Lipinski definition) is 0. The van der Waals surface area contributed by atoms with Crippen LogP contribution in [0, 0.1) is 20.8 Å². The first-order chi connectivity index (χ1) is 8.34. The predicted octanol–water partition coefficient (Wildman–Crippen LogP) is 2.81. The SMILES string of the molecule is Cc1cc(S(=O)(=O)n2ccnc2C)c(C)cc1Br. The second kappa shape index (κ2) is 4.51. The lowest BCUT2D eigenvalue weighted by atomic mass is 10.2. The number of benzene rings is 1. The van der Waals surface area contributed by atoms with E-state index < -0.39 is 10.0 Å². The van der Waals surface area contributed by atoms with Crippen LogP contribution in [0.5, 0.6) is 0 Å². The molecule has 0 aliphatic carbocycles. The van der Waals surface area contributed by atoms with E-state index in [1.165, 1.54) is 16.4 Å². The number of halogens is 1. The van der Waals surface area contributed by atoms with Crippen molar-refractivity contribution in [1.29, 1.82) is 0 Å². The van der Waals surface area contributed by atoms with E-state index in [1.54, 1.807) is 19.9 Å². The van der Waals surface area contributed by atoms with Gasteiger partial charge in [0, 0.05) is 16.9 Å². The van der Waals surface area contributed by atoms with Crippen LogP contribution < -0.4 is 0 Å². The van der Waals surface area contributed by atoms with E-state index in [4.69, 9.17) is 0 Å². The Morgan fingerprint density at radius 3 is 2.39 bits per heavy atom. The van der Waals surface area contributed by atoms with Crippen LogP contribution in [0.15, 0.2) is 33.9 Å². The molecule has 0 saturated heterocycles. The third kappa shape index (κ3) is 2.10. The van der Waals surface area contributed by atoms with Crippen molar-refractivity contribution in [3.8, 4) is 0 Å². The molecule has 4 nitrogen and oxygen atoms in total. The van der Waals surface area contributed by atoms with Gasteiger partial charge < -0.3 is 0 Å². The summed E-state index contributed by atoms with van der Waals surface area (Å²) in [6, 6.07) is 3.49. The lowest BCUT2D eigenvalue weighted by Gasteiger charge is -2.11. The highest BCUT2D eigenvalue weighted by Gasteiger charge is 2.21. The minimum atomic E-state index is -3.56. The molecule has 0 fully saturated rings. The van der Waals surface area contributed by atoms with E-state index in [0.717, 1.165) is 10.0 Å². The molecule has 18 heavy (non-hydrogen) atoms. The van der Waals surface area contributed by atoms with Gasteiger partial charge in [0.15, 0.2) is 0 Å². The number of aryl methyl sites for hydroxylation is 3. The molecule has 0 spiro atoms. The number of rotatable bonds is 2. The first-order valence-electron chi connectivity index (χ1n) is 5.36. The molecule has 6 heteroatoms. The van der Waals surface area contributed by atoms with Crippen LogP contribution in [-0.2, 0) is 10.0 Å². The Bertz CT molecular complexity index is 705. The molecule has 1 aromatic heterocycles. The number of aromatic nitrogens is 2. The molecule has 96 valence electrons. The zero-order chi connectivity index (χ0) is 13.5. The van der Waals surface area contributed by atoms with Crippen molar-refractivity contribution in [3.05, 3.63) is 46.0 Å². The molecule has 0 radical (unpaired) electrons. The number of nitrogens with zero attached hydrogens (tertiary/aromatic N) is 2. The molecular weight excluding hydrogens is 316 g/mol. The summed E-state index contributed by atoms with van der Waals surface area (Å²) in [6.07, 6.45) is 2.94. The van der Waals surface area contributed by atoms with Crippen LogP contribution in [0.4, 0.5) is 0 Å². The van der Waals surface area contributed by atoms with Gasteiger partial charge in [-0.3, -0.25) is 0 Å². The van der Waals surface area contributed by atoms with E-state index in [-0.39, 0.29) is 0 Å². The summed E-state index contributed by atoms with van der Waals surface area (Å²) < 4.78 is 27.1. The van der Waals surface area contributed by atoms with Crippen LogP contribution in [0.2, 0.25) is 0 Å². The van der Waals surface area contributed by atoms with E-state index in [9.17, 15) is 8.42 Å². The molecule has 0 N–H and O–H groups in total. The van der Waals surface area contributed by atoms with Crippen molar-refractivity contribution in [2.24, 2.45) is 0 Å². The Kier molecular flexibility index (Phi) is 3.33. The third-order valence-electron chi connectivity index (χ3n) is 2.78. The maximum atomic E-state index is 12.5. The highest BCUT2D eigenvalue weighted by Crippen LogP contribution is 2.26. The van der Waals surface area contributed by atoms with E-state index in [2.05, 4.69) is 20.9 Å². The van der Waals surface area contributed by atoms with Gasteiger partial charge in [0.2, 0.25) is 0 Å². The molecule has 0 amide bonds. The van der Waals surface area contributed by atoms with Gasteiger partial charge in [0.1, 0.15) is 5.82 Å². The van der Waals surface area contributed by atoms with Gasteiger partial charge in [-0.25, -0.2) is 17.4 Å². The Balaban J connectivity index is 2.70. The second-order valence-corrected chi connectivity index (χ2v) is 6.78. The van der Waals surface area contributed by atoms with Crippen LogP contribution in [0.25, 0.3) is 0 Å². The first-order valence-corrected chi connectivity index (χ1v) is 7.59. The molecule has 0 aliphatic heterocycles.